The lowest BCUT2D eigenvalue weighted by Gasteiger charge is -2.20. The molecule has 0 spiro atoms. The smallest absolute Gasteiger partial charge is 0.384 e. The first-order valence-electron chi connectivity index (χ1n) is 6.98. The van der Waals surface area contributed by atoms with Crippen molar-refractivity contribution < 1.29 is 38.1 Å². The Bertz CT molecular complexity index is 514. The van der Waals surface area contributed by atoms with E-state index in [2.05, 4.69) is 9.47 Å². The number of methoxy groups -OCH3 is 2. The highest BCUT2D eigenvalue weighted by atomic mass is 16.6. The third-order valence-corrected chi connectivity index (χ3v) is 2.87. The van der Waals surface area contributed by atoms with Gasteiger partial charge in [0.25, 0.3) is 0 Å². The molecule has 0 unspecified atom stereocenters. The van der Waals surface area contributed by atoms with Gasteiger partial charge in [0, 0.05) is 11.8 Å². The van der Waals surface area contributed by atoms with Crippen molar-refractivity contribution in [3.8, 4) is 11.8 Å². The van der Waals surface area contributed by atoms with Crippen LogP contribution in [0.15, 0.2) is 0 Å². The summed E-state index contributed by atoms with van der Waals surface area (Å²) in [6, 6.07) is 0. The second kappa shape index (κ2) is 8.91. The number of ether oxygens (including phenoxy) is 4. The summed E-state index contributed by atoms with van der Waals surface area (Å²) in [6.45, 7) is 5.62. The minimum Gasteiger partial charge on any atom is -0.469 e. The van der Waals surface area contributed by atoms with Crippen molar-refractivity contribution in [2.45, 2.75) is 27.7 Å². The molecule has 0 aliphatic heterocycles. The van der Waals surface area contributed by atoms with Crippen molar-refractivity contribution >= 4 is 23.9 Å². The van der Waals surface area contributed by atoms with Gasteiger partial charge in [-0.3, -0.25) is 9.59 Å². The van der Waals surface area contributed by atoms with Gasteiger partial charge in [0.2, 0.25) is 0 Å². The number of hydrogen-bond donors (Lipinski definition) is 0. The van der Waals surface area contributed by atoms with E-state index in [1.165, 1.54) is 41.9 Å². The summed E-state index contributed by atoms with van der Waals surface area (Å²) in [5.41, 5.74) is -2.06. The van der Waals surface area contributed by atoms with Crippen LogP contribution in [0.2, 0.25) is 0 Å². The van der Waals surface area contributed by atoms with Gasteiger partial charge < -0.3 is 18.9 Å². The highest BCUT2D eigenvalue weighted by molar-refractivity contribution is 5.98. The molecule has 0 aromatic heterocycles. The van der Waals surface area contributed by atoms with Gasteiger partial charge in [0.1, 0.15) is 13.2 Å². The second-order valence-electron chi connectivity index (χ2n) is 6.15. The molecule has 0 radical (unpaired) electrons. The molecule has 0 bridgehead atoms. The fourth-order valence-corrected chi connectivity index (χ4v) is 1.34. The highest BCUT2D eigenvalue weighted by Crippen LogP contribution is 2.18. The molecule has 0 saturated heterocycles. The van der Waals surface area contributed by atoms with Crippen molar-refractivity contribution in [3.63, 3.8) is 0 Å². The molecule has 8 nitrogen and oxygen atoms in total. The summed E-state index contributed by atoms with van der Waals surface area (Å²) < 4.78 is 18.7. The van der Waals surface area contributed by atoms with Crippen LogP contribution in [0.4, 0.5) is 0 Å². The van der Waals surface area contributed by atoms with Crippen LogP contribution in [0, 0.1) is 22.7 Å². The Morgan fingerprint density at radius 2 is 1.00 bits per heavy atom. The predicted octanol–water partition coefficient (Wildman–Crippen LogP) is 0.475. The maximum absolute atomic E-state index is 11.4. The molecular formula is C16H22O8. The molecule has 0 aromatic rings. The predicted molar refractivity (Wildman–Crippen MR) is 81.3 cm³/mol. The lowest BCUT2D eigenvalue weighted by Crippen LogP contribution is -2.32. The normalized spacial score (nSPS) is 10.8. The molecule has 0 amide bonds. The van der Waals surface area contributed by atoms with Crippen LogP contribution in [0.3, 0.4) is 0 Å². The Morgan fingerprint density at radius 3 is 1.25 bits per heavy atom. The summed E-state index contributed by atoms with van der Waals surface area (Å²) in [7, 11) is 2.44. The van der Waals surface area contributed by atoms with Crippen LogP contribution in [-0.2, 0) is 38.1 Å². The summed E-state index contributed by atoms with van der Waals surface area (Å²) in [4.78, 5) is 45.7. The van der Waals surface area contributed by atoms with Gasteiger partial charge in [-0.15, -0.1) is 0 Å². The molecule has 0 N–H and O–H groups in total. The number of rotatable bonds is 6. The summed E-state index contributed by atoms with van der Waals surface area (Å²) >= 11 is 0. The van der Waals surface area contributed by atoms with Crippen molar-refractivity contribution in [1.29, 1.82) is 0 Å². The van der Waals surface area contributed by atoms with E-state index in [4.69, 9.17) is 9.47 Å². The molecule has 24 heavy (non-hydrogen) atoms. The maximum atomic E-state index is 11.4. The Kier molecular flexibility index (Phi) is 7.96. The molecular weight excluding hydrogens is 320 g/mol. The highest BCUT2D eigenvalue weighted by Gasteiger charge is 2.31. The van der Waals surface area contributed by atoms with E-state index in [0.29, 0.717) is 0 Å². The maximum Gasteiger partial charge on any atom is 0.384 e. The SMILES string of the molecule is COC(=O)C(C)(C)COC(=O)C#CC(=O)OCC(C)(C)C(=O)OC. The van der Waals surface area contributed by atoms with E-state index in [9.17, 15) is 19.2 Å². The average molecular weight is 342 g/mol. The third-order valence-electron chi connectivity index (χ3n) is 2.87. The monoisotopic (exact) mass is 342 g/mol. The molecule has 0 fully saturated rings. The average Bonchev–Trinajstić information content (AvgIpc) is 2.54. The van der Waals surface area contributed by atoms with Crippen molar-refractivity contribution in [1.82, 2.24) is 0 Å². The first-order valence-corrected chi connectivity index (χ1v) is 6.98. The second-order valence-corrected chi connectivity index (χ2v) is 6.15. The molecule has 0 aromatic carbocycles. The minimum atomic E-state index is -1.03. The minimum absolute atomic E-state index is 0.252. The van der Waals surface area contributed by atoms with Crippen LogP contribution in [-0.4, -0.2) is 51.3 Å². The molecule has 134 valence electrons. The van der Waals surface area contributed by atoms with Gasteiger partial charge in [-0.1, -0.05) is 0 Å². The van der Waals surface area contributed by atoms with E-state index in [-0.39, 0.29) is 13.2 Å². The first kappa shape index (κ1) is 21.4. The van der Waals surface area contributed by atoms with Crippen LogP contribution >= 0.6 is 0 Å². The topological polar surface area (TPSA) is 105 Å². The number of carbonyl (C=O) groups is 4. The lowest BCUT2D eigenvalue weighted by molar-refractivity contribution is -0.158. The Morgan fingerprint density at radius 1 is 0.708 bits per heavy atom. The van der Waals surface area contributed by atoms with Gasteiger partial charge in [-0.05, 0) is 27.7 Å². The summed E-state index contributed by atoms with van der Waals surface area (Å²) in [5.74, 6) is 0.799. The fraction of sp³-hybridized carbons (Fsp3) is 0.625. The zero-order chi connectivity index (χ0) is 19.0. The van der Waals surface area contributed by atoms with E-state index in [1.54, 1.807) is 0 Å². The van der Waals surface area contributed by atoms with Gasteiger partial charge in [-0.25, -0.2) is 9.59 Å². The number of hydrogen-bond acceptors (Lipinski definition) is 8. The van der Waals surface area contributed by atoms with E-state index < -0.39 is 34.7 Å². The van der Waals surface area contributed by atoms with E-state index in [1.807, 2.05) is 11.8 Å². The van der Waals surface area contributed by atoms with Crippen molar-refractivity contribution in [2.24, 2.45) is 10.8 Å². The van der Waals surface area contributed by atoms with Gasteiger partial charge in [-0.2, -0.15) is 0 Å². The number of esters is 4. The summed E-state index contributed by atoms with van der Waals surface area (Å²) in [6.07, 6.45) is 0. The molecule has 0 atom stereocenters. The molecule has 0 aliphatic carbocycles. The molecule has 8 heteroatoms. The van der Waals surface area contributed by atoms with Gasteiger partial charge in [0.05, 0.1) is 25.0 Å². The van der Waals surface area contributed by atoms with E-state index in [0.717, 1.165) is 0 Å². The van der Waals surface area contributed by atoms with Crippen LogP contribution in [0.1, 0.15) is 27.7 Å². The fourth-order valence-electron chi connectivity index (χ4n) is 1.34. The lowest BCUT2D eigenvalue weighted by atomic mass is 9.95. The molecule has 0 rings (SSSR count). The quantitative estimate of drug-likeness (QED) is 0.297. The zero-order valence-corrected chi connectivity index (χ0v) is 14.7. The Labute approximate surface area is 140 Å². The summed E-state index contributed by atoms with van der Waals surface area (Å²) in [5, 5.41) is 0. The van der Waals surface area contributed by atoms with Crippen LogP contribution in [0.25, 0.3) is 0 Å². The van der Waals surface area contributed by atoms with Crippen LogP contribution in [0.5, 0.6) is 0 Å². The van der Waals surface area contributed by atoms with Crippen LogP contribution < -0.4 is 0 Å². The number of carbonyl (C=O) groups excluding carboxylic acids is 4. The van der Waals surface area contributed by atoms with E-state index >= 15 is 0 Å². The van der Waals surface area contributed by atoms with Gasteiger partial charge in [0.15, 0.2) is 0 Å². The molecule has 0 heterocycles. The standard InChI is InChI=1S/C16H22O8/c1-15(2,13(19)21-5)9-23-11(17)7-8-12(18)24-10-16(3,4)14(20)22-6/h9-10H2,1-6H3. The largest absolute Gasteiger partial charge is 0.469 e. The third kappa shape index (κ3) is 7.13. The molecule has 0 aliphatic rings. The Hall–Kier alpha value is -2.56. The zero-order valence-electron chi connectivity index (χ0n) is 14.7. The first-order chi connectivity index (χ1) is 11.0. The molecule has 0 saturated carbocycles. The van der Waals surface area contributed by atoms with Gasteiger partial charge >= 0.3 is 23.9 Å². The van der Waals surface area contributed by atoms with Crippen molar-refractivity contribution in [3.05, 3.63) is 0 Å². The Balaban J connectivity index is 4.46. The van der Waals surface area contributed by atoms with Crippen molar-refractivity contribution in [2.75, 3.05) is 27.4 Å².